The molecule has 0 amide bonds. The van der Waals surface area contributed by atoms with Crippen molar-refractivity contribution in [1.82, 2.24) is 4.98 Å². The number of non-ortho nitro benzene ring substituents is 1. The lowest BCUT2D eigenvalue weighted by molar-refractivity contribution is -0.384. The van der Waals surface area contributed by atoms with Gasteiger partial charge in [0.25, 0.3) is 5.69 Å². The van der Waals surface area contributed by atoms with Gasteiger partial charge >= 0.3 is 0 Å². The number of aromatic nitrogens is 1. The summed E-state index contributed by atoms with van der Waals surface area (Å²) in [6, 6.07) is 11.5. The molecule has 82 valence electrons. The molecule has 17 heavy (non-hydrogen) atoms. The van der Waals surface area contributed by atoms with E-state index in [0.29, 0.717) is 11.3 Å². The minimum absolute atomic E-state index is 0.0242. The highest BCUT2D eigenvalue weighted by Crippen LogP contribution is 2.23. The molecule has 1 aromatic heterocycles. The zero-order valence-electron chi connectivity index (χ0n) is 8.70. The fourth-order valence-corrected chi connectivity index (χ4v) is 1.49. The molecule has 2 aromatic rings. The van der Waals surface area contributed by atoms with Gasteiger partial charge in [-0.15, -0.1) is 0 Å². The number of pyridine rings is 1. The number of nitriles is 1. The lowest BCUT2D eigenvalue weighted by Gasteiger charge is -2.02. The minimum atomic E-state index is -0.460. The van der Waals surface area contributed by atoms with E-state index in [1.165, 1.54) is 18.3 Å². The summed E-state index contributed by atoms with van der Waals surface area (Å²) in [5.74, 6) is 0. The molecule has 5 heteroatoms. The molecule has 1 heterocycles. The predicted octanol–water partition coefficient (Wildman–Crippen LogP) is 2.53. The average Bonchev–Trinajstić information content (AvgIpc) is 2.39. The molecular formula is C12H7N3O2. The molecule has 0 radical (unpaired) electrons. The Hall–Kier alpha value is -2.74. The Balaban J connectivity index is 2.47. The van der Waals surface area contributed by atoms with Crippen LogP contribution < -0.4 is 0 Å². The first kappa shape index (κ1) is 10.8. The Morgan fingerprint density at radius 3 is 2.53 bits per heavy atom. The highest BCUT2D eigenvalue weighted by molar-refractivity contribution is 5.69. The van der Waals surface area contributed by atoms with Crippen molar-refractivity contribution in [1.29, 1.82) is 5.26 Å². The molecule has 0 aliphatic heterocycles. The third kappa shape index (κ3) is 2.11. The maximum Gasteiger partial charge on any atom is 0.269 e. The average molecular weight is 225 g/mol. The summed E-state index contributed by atoms with van der Waals surface area (Å²) in [6.45, 7) is 0. The Labute approximate surface area is 97.1 Å². The fraction of sp³-hybridized carbons (Fsp3) is 0. The maximum absolute atomic E-state index is 10.5. The molecule has 0 fully saturated rings. The van der Waals surface area contributed by atoms with Crippen molar-refractivity contribution in [3.05, 3.63) is 58.4 Å². The SMILES string of the molecule is N#Cc1ncccc1-c1ccc([N+](=O)[O-])cc1. The molecule has 0 aliphatic rings. The summed E-state index contributed by atoms with van der Waals surface area (Å²) in [5.41, 5.74) is 1.74. The van der Waals surface area contributed by atoms with E-state index < -0.39 is 4.92 Å². The van der Waals surface area contributed by atoms with Crippen molar-refractivity contribution in [2.75, 3.05) is 0 Å². The van der Waals surface area contributed by atoms with Crippen LogP contribution in [-0.4, -0.2) is 9.91 Å². The van der Waals surface area contributed by atoms with Crippen molar-refractivity contribution in [2.45, 2.75) is 0 Å². The molecule has 0 aliphatic carbocycles. The van der Waals surface area contributed by atoms with E-state index in [1.54, 1.807) is 24.3 Å². The smallest absolute Gasteiger partial charge is 0.258 e. The first-order valence-corrected chi connectivity index (χ1v) is 4.82. The van der Waals surface area contributed by atoms with Gasteiger partial charge in [-0.2, -0.15) is 5.26 Å². The quantitative estimate of drug-likeness (QED) is 0.581. The summed E-state index contributed by atoms with van der Waals surface area (Å²) < 4.78 is 0. The first-order valence-electron chi connectivity index (χ1n) is 4.82. The molecule has 0 atom stereocenters. The molecule has 0 unspecified atom stereocenters. The van der Waals surface area contributed by atoms with Crippen molar-refractivity contribution in [3.63, 3.8) is 0 Å². The highest BCUT2D eigenvalue weighted by atomic mass is 16.6. The van der Waals surface area contributed by atoms with Crippen LogP contribution in [-0.2, 0) is 0 Å². The van der Waals surface area contributed by atoms with Gasteiger partial charge < -0.3 is 0 Å². The number of rotatable bonds is 2. The summed E-state index contributed by atoms with van der Waals surface area (Å²) in [5, 5.41) is 19.4. The molecule has 2 rings (SSSR count). The van der Waals surface area contributed by atoms with E-state index in [4.69, 9.17) is 5.26 Å². The summed E-state index contributed by atoms with van der Waals surface area (Å²) >= 11 is 0. The van der Waals surface area contributed by atoms with Crippen LogP contribution in [0.3, 0.4) is 0 Å². The van der Waals surface area contributed by atoms with Crippen LogP contribution in [0.2, 0.25) is 0 Å². The highest BCUT2D eigenvalue weighted by Gasteiger charge is 2.08. The third-order valence-corrected chi connectivity index (χ3v) is 2.30. The van der Waals surface area contributed by atoms with Gasteiger partial charge in [-0.3, -0.25) is 10.1 Å². The molecule has 0 saturated carbocycles. The lowest BCUT2D eigenvalue weighted by Crippen LogP contribution is -1.90. The second-order valence-corrected chi connectivity index (χ2v) is 3.32. The maximum atomic E-state index is 10.5. The molecular weight excluding hydrogens is 218 g/mol. The van der Waals surface area contributed by atoms with E-state index in [2.05, 4.69) is 4.98 Å². The topological polar surface area (TPSA) is 79.8 Å². The second-order valence-electron chi connectivity index (χ2n) is 3.32. The third-order valence-electron chi connectivity index (χ3n) is 2.30. The van der Waals surface area contributed by atoms with Crippen molar-refractivity contribution in [3.8, 4) is 17.2 Å². The van der Waals surface area contributed by atoms with Crippen LogP contribution in [0.4, 0.5) is 5.69 Å². The van der Waals surface area contributed by atoms with Gasteiger partial charge in [0.15, 0.2) is 0 Å². The van der Waals surface area contributed by atoms with Crippen LogP contribution in [0.5, 0.6) is 0 Å². The van der Waals surface area contributed by atoms with E-state index >= 15 is 0 Å². The number of nitro groups is 1. The van der Waals surface area contributed by atoms with E-state index in [-0.39, 0.29) is 5.69 Å². The monoisotopic (exact) mass is 225 g/mol. The van der Waals surface area contributed by atoms with Gasteiger partial charge in [0.2, 0.25) is 0 Å². The zero-order valence-corrected chi connectivity index (χ0v) is 8.70. The summed E-state index contributed by atoms with van der Waals surface area (Å²) in [7, 11) is 0. The van der Waals surface area contributed by atoms with Gasteiger partial charge in [-0.05, 0) is 29.8 Å². The molecule has 0 spiro atoms. The minimum Gasteiger partial charge on any atom is -0.258 e. The lowest BCUT2D eigenvalue weighted by atomic mass is 10.0. The normalized spacial score (nSPS) is 9.59. The van der Waals surface area contributed by atoms with Gasteiger partial charge in [0, 0.05) is 23.9 Å². The molecule has 0 saturated heterocycles. The van der Waals surface area contributed by atoms with Crippen LogP contribution in [0.1, 0.15) is 5.69 Å². The summed E-state index contributed by atoms with van der Waals surface area (Å²) in [6.07, 6.45) is 1.54. The van der Waals surface area contributed by atoms with Crippen molar-refractivity contribution < 1.29 is 4.92 Å². The Morgan fingerprint density at radius 1 is 1.24 bits per heavy atom. The Kier molecular flexibility index (Phi) is 2.79. The first-order chi connectivity index (χ1) is 8.22. The van der Waals surface area contributed by atoms with Gasteiger partial charge in [-0.1, -0.05) is 0 Å². The summed E-state index contributed by atoms with van der Waals surface area (Å²) in [4.78, 5) is 14.0. The van der Waals surface area contributed by atoms with Gasteiger partial charge in [0.1, 0.15) is 11.8 Å². The number of nitrogens with zero attached hydrogens (tertiary/aromatic N) is 3. The Bertz CT molecular complexity index is 600. The zero-order chi connectivity index (χ0) is 12.3. The number of nitro benzene ring substituents is 1. The predicted molar refractivity (Wildman–Crippen MR) is 61.0 cm³/mol. The van der Waals surface area contributed by atoms with Crippen LogP contribution >= 0.6 is 0 Å². The number of benzene rings is 1. The number of hydrogen-bond acceptors (Lipinski definition) is 4. The molecule has 0 bridgehead atoms. The van der Waals surface area contributed by atoms with Crippen LogP contribution in [0.25, 0.3) is 11.1 Å². The number of hydrogen-bond donors (Lipinski definition) is 0. The van der Waals surface area contributed by atoms with Gasteiger partial charge in [-0.25, -0.2) is 4.98 Å². The van der Waals surface area contributed by atoms with E-state index in [9.17, 15) is 10.1 Å². The van der Waals surface area contributed by atoms with E-state index in [0.717, 1.165) is 5.56 Å². The molecule has 0 N–H and O–H groups in total. The van der Waals surface area contributed by atoms with Gasteiger partial charge in [0.05, 0.1) is 4.92 Å². The second kappa shape index (κ2) is 4.41. The van der Waals surface area contributed by atoms with Crippen LogP contribution in [0.15, 0.2) is 42.6 Å². The van der Waals surface area contributed by atoms with Crippen molar-refractivity contribution in [2.24, 2.45) is 0 Å². The fourth-order valence-electron chi connectivity index (χ4n) is 1.49. The van der Waals surface area contributed by atoms with Crippen molar-refractivity contribution >= 4 is 5.69 Å². The van der Waals surface area contributed by atoms with Crippen LogP contribution in [0, 0.1) is 21.4 Å². The standard InChI is InChI=1S/C12H7N3O2/c13-8-12-11(2-1-7-14-12)9-3-5-10(6-4-9)15(16)17/h1-7H. The Morgan fingerprint density at radius 2 is 1.94 bits per heavy atom. The largest absolute Gasteiger partial charge is 0.269 e. The molecule has 1 aromatic carbocycles. The van der Waals surface area contributed by atoms with E-state index in [1.807, 2.05) is 6.07 Å². The molecule has 5 nitrogen and oxygen atoms in total.